The van der Waals surface area contributed by atoms with Crippen molar-refractivity contribution in [1.82, 2.24) is 9.88 Å². The van der Waals surface area contributed by atoms with E-state index in [1.165, 1.54) is 4.88 Å². The van der Waals surface area contributed by atoms with Gasteiger partial charge >= 0.3 is 0 Å². The molecular weight excluding hydrogens is 268 g/mol. The predicted octanol–water partition coefficient (Wildman–Crippen LogP) is 3.71. The van der Waals surface area contributed by atoms with Gasteiger partial charge in [-0.25, -0.2) is 0 Å². The number of amides is 1. The van der Waals surface area contributed by atoms with E-state index < -0.39 is 0 Å². The molecule has 106 valence electrons. The number of hydrogen-bond acceptors (Lipinski definition) is 3. The Hall–Kier alpha value is -1.68. The number of hydrogen-bond donors (Lipinski definition) is 0. The zero-order valence-corrected chi connectivity index (χ0v) is 13.2. The molecule has 0 spiro atoms. The lowest BCUT2D eigenvalue weighted by molar-refractivity contribution is 0.0785. The van der Waals surface area contributed by atoms with Gasteiger partial charge in [-0.15, -0.1) is 11.3 Å². The van der Waals surface area contributed by atoms with Gasteiger partial charge in [0.05, 0.1) is 5.56 Å². The van der Waals surface area contributed by atoms with E-state index >= 15 is 0 Å². The minimum absolute atomic E-state index is 0.0561. The van der Waals surface area contributed by atoms with Gasteiger partial charge in [-0.2, -0.15) is 0 Å². The first kappa shape index (κ1) is 14.7. The second-order valence-electron chi connectivity index (χ2n) is 5.97. The molecule has 2 heterocycles. The Kier molecular flexibility index (Phi) is 4.23. The molecule has 0 unspecified atom stereocenters. The Morgan fingerprint density at radius 1 is 1.40 bits per heavy atom. The van der Waals surface area contributed by atoms with Gasteiger partial charge in [-0.3, -0.25) is 9.78 Å². The summed E-state index contributed by atoms with van der Waals surface area (Å²) in [5.74, 6) is 0.0561. The molecule has 4 heteroatoms. The van der Waals surface area contributed by atoms with Crippen LogP contribution in [0.4, 0.5) is 0 Å². The van der Waals surface area contributed by atoms with E-state index in [-0.39, 0.29) is 11.3 Å². The summed E-state index contributed by atoms with van der Waals surface area (Å²) >= 11 is 1.65. The normalized spacial score (nSPS) is 11.4. The van der Waals surface area contributed by atoms with E-state index in [4.69, 9.17) is 0 Å². The first-order valence-electron chi connectivity index (χ1n) is 6.61. The van der Waals surface area contributed by atoms with E-state index in [9.17, 15) is 4.79 Å². The molecule has 0 radical (unpaired) electrons. The van der Waals surface area contributed by atoms with Gasteiger partial charge in [0.2, 0.25) is 0 Å². The van der Waals surface area contributed by atoms with Crippen LogP contribution >= 0.6 is 11.3 Å². The molecule has 0 saturated heterocycles. The van der Waals surface area contributed by atoms with Gasteiger partial charge in [-0.1, -0.05) is 26.8 Å². The van der Waals surface area contributed by atoms with Crippen molar-refractivity contribution in [2.45, 2.75) is 32.7 Å². The maximum atomic E-state index is 12.4. The molecule has 0 aliphatic carbocycles. The monoisotopic (exact) mass is 288 g/mol. The van der Waals surface area contributed by atoms with Crippen molar-refractivity contribution in [3.05, 3.63) is 52.0 Å². The molecule has 0 saturated carbocycles. The second-order valence-corrected chi connectivity index (χ2v) is 6.88. The third-order valence-electron chi connectivity index (χ3n) is 3.07. The minimum Gasteiger partial charge on any atom is -0.337 e. The Morgan fingerprint density at radius 2 is 2.15 bits per heavy atom. The molecule has 2 aromatic heterocycles. The van der Waals surface area contributed by atoms with Crippen molar-refractivity contribution in [3.63, 3.8) is 0 Å². The third kappa shape index (κ3) is 3.45. The SMILES string of the molecule is CN(Cc1cccnc1)C(=O)c1csc(C(C)(C)C)c1. The number of carbonyl (C=O) groups is 1. The van der Waals surface area contributed by atoms with Crippen LogP contribution in [-0.4, -0.2) is 22.8 Å². The molecule has 2 aromatic rings. The fourth-order valence-electron chi connectivity index (χ4n) is 1.90. The van der Waals surface area contributed by atoms with Crippen LogP contribution in [0.5, 0.6) is 0 Å². The highest BCUT2D eigenvalue weighted by Gasteiger charge is 2.20. The van der Waals surface area contributed by atoms with Gasteiger partial charge in [0.1, 0.15) is 0 Å². The van der Waals surface area contributed by atoms with Gasteiger partial charge in [0, 0.05) is 36.2 Å². The highest BCUT2D eigenvalue weighted by molar-refractivity contribution is 7.10. The number of aromatic nitrogens is 1. The number of rotatable bonds is 3. The van der Waals surface area contributed by atoms with E-state index in [1.54, 1.807) is 28.6 Å². The molecule has 20 heavy (non-hydrogen) atoms. The minimum atomic E-state index is 0.0561. The van der Waals surface area contributed by atoms with Crippen LogP contribution in [0, 0.1) is 0 Å². The van der Waals surface area contributed by atoms with Crippen molar-refractivity contribution in [1.29, 1.82) is 0 Å². The van der Waals surface area contributed by atoms with Crippen LogP contribution in [0.15, 0.2) is 36.0 Å². The smallest absolute Gasteiger partial charge is 0.254 e. The van der Waals surface area contributed by atoms with Crippen molar-refractivity contribution in [3.8, 4) is 0 Å². The molecule has 0 fully saturated rings. The number of nitrogens with zero attached hydrogens (tertiary/aromatic N) is 2. The summed E-state index contributed by atoms with van der Waals surface area (Å²) in [5, 5.41) is 1.95. The third-order valence-corrected chi connectivity index (χ3v) is 4.43. The summed E-state index contributed by atoms with van der Waals surface area (Å²) < 4.78 is 0. The molecule has 0 aliphatic rings. The molecule has 0 atom stereocenters. The van der Waals surface area contributed by atoms with E-state index in [1.807, 2.05) is 30.6 Å². The molecule has 0 aliphatic heterocycles. The molecular formula is C16H20N2OS. The molecule has 2 rings (SSSR count). The average molecular weight is 288 g/mol. The molecule has 1 amide bonds. The highest BCUT2D eigenvalue weighted by Crippen LogP contribution is 2.29. The zero-order valence-electron chi connectivity index (χ0n) is 12.4. The Morgan fingerprint density at radius 3 is 2.70 bits per heavy atom. The van der Waals surface area contributed by atoms with Crippen molar-refractivity contribution < 1.29 is 4.79 Å². The first-order valence-corrected chi connectivity index (χ1v) is 7.49. The molecule has 0 aromatic carbocycles. The predicted molar refractivity (Wildman–Crippen MR) is 83.1 cm³/mol. The van der Waals surface area contributed by atoms with Crippen molar-refractivity contribution in [2.24, 2.45) is 0 Å². The Bertz CT molecular complexity index is 584. The van der Waals surface area contributed by atoms with Crippen molar-refractivity contribution >= 4 is 17.2 Å². The van der Waals surface area contributed by atoms with Crippen LogP contribution in [0.25, 0.3) is 0 Å². The largest absolute Gasteiger partial charge is 0.337 e. The fourth-order valence-corrected chi connectivity index (χ4v) is 2.87. The standard InChI is InChI=1S/C16H20N2OS/c1-16(2,3)14-8-13(11-20-14)15(19)18(4)10-12-6-5-7-17-9-12/h5-9,11H,10H2,1-4H3. The highest BCUT2D eigenvalue weighted by atomic mass is 32.1. The van der Waals surface area contributed by atoms with E-state index in [0.29, 0.717) is 6.54 Å². The summed E-state index contributed by atoms with van der Waals surface area (Å²) in [6.45, 7) is 7.05. The molecule has 3 nitrogen and oxygen atoms in total. The van der Waals surface area contributed by atoms with E-state index in [0.717, 1.165) is 11.1 Å². The quantitative estimate of drug-likeness (QED) is 0.862. The van der Waals surface area contributed by atoms with Crippen LogP contribution in [-0.2, 0) is 12.0 Å². The average Bonchev–Trinajstić information content (AvgIpc) is 2.88. The topological polar surface area (TPSA) is 33.2 Å². The van der Waals surface area contributed by atoms with Gasteiger partial charge in [-0.05, 0) is 23.1 Å². The first-order chi connectivity index (χ1) is 9.38. The lowest BCUT2D eigenvalue weighted by Gasteiger charge is -2.17. The summed E-state index contributed by atoms with van der Waals surface area (Å²) in [4.78, 5) is 19.4. The lowest BCUT2D eigenvalue weighted by atomic mass is 9.94. The maximum absolute atomic E-state index is 12.4. The van der Waals surface area contributed by atoms with Gasteiger partial charge in [0.15, 0.2) is 0 Å². The van der Waals surface area contributed by atoms with Crippen LogP contribution in [0.1, 0.15) is 41.6 Å². The van der Waals surface area contributed by atoms with Crippen LogP contribution in [0.2, 0.25) is 0 Å². The maximum Gasteiger partial charge on any atom is 0.254 e. The Balaban J connectivity index is 2.09. The van der Waals surface area contributed by atoms with Gasteiger partial charge < -0.3 is 4.90 Å². The molecule has 0 bridgehead atoms. The molecule has 0 N–H and O–H groups in total. The van der Waals surface area contributed by atoms with Crippen LogP contribution in [0.3, 0.4) is 0 Å². The lowest BCUT2D eigenvalue weighted by Crippen LogP contribution is -2.25. The summed E-state index contributed by atoms with van der Waals surface area (Å²) in [7, 11) is 1.82. The summed E-state index contributed by atoms with van der Waals surface area (Å²) in [5.41, 5.74) is 1.89. The number of carbonyl (C=O) groups excluding carboxylic acids is 1. The number of pyridine rings is 1. The zero-order chi connectivity index (χ0) is 14.8. The Labute approximate surface area is 124 Å². The van der Waals surface area contributed by atoms with Gasteiger partial charge in [0.25, 0.3) is 5.91 Å². The van der Waals surface area contributed by atoms with Crippen molar-refractivity contribution in [2.75, 3.05) is 7.05 Å². The van der Waals surface area contributed by atoms with Crippen LogP contribution < -0.4 is 0 Å². The van der Waals surface area contributed by atoms with E-state index in [2.05, 4.69) is 25.8 Å². The summed E-state index contributed by atoms with van der Waals surface area (Å²) in [6, 6.07) is 5.87. The fraction of sp³-hybridized carbons (Fsp3) is 0.375. The summed E-state index contributed by atoms with van der Waals surface area (Å²) in [6.07, 6.45) is 3.53. The number of thiophene rings is 1. The second kappa shape index (κ2) is 5.75.